The third-order valence-electron chi connectivity index (χ3n) is 2.84. The summed E-state index contributed by atoms with van der Waals surface area (Å²) >= 11 is 0. The van der Waals surface area contributed by atoms with Gasteiger partial charge in [0.2, 0.25) is 10.0 Å². The van der Waals surface area contributed by atoms with E-state index in [1.165, 1.54) is 6.07 Å². The molecule has 2 unspecified atom stereocenters. The van der Waals surface area contributed by atoms with Crippen molar-refractivity contribution in [2.24, 2.45) is 5.92 Å². The van der Waals surface area contributed by atoms with Gasteiger partial charge in [-0.05, 0) is 18.4 Å². The molecule has 0 heterocycles. The summed E-state index contributed by atoms with van der Waals surface area (Å²) in [7, 11) is -3.72. The van der Waals surface area contributed by atoms with Gasteiger partial charge in [-0.3, -0.25) is 4.72 Å². The van der Waals surface area contributed by atoms with Gasteiger partial charge >= 0.3 is 0 Å². The Labute approximate surface area is 103 Å². The third kappa shape index (κ3) is 2.29. The first-order valence-corrected chi connectivity index (χ1v) is 6.80. The molecule has 1 N–H and O–H groups in total. The Balaban J connectivity index is 2.36. The Morgan fingerprint density at radius 1 is 1.44 bits per heavy atom. The Hall–Kier alpha value is -1.68. The Morgan fingerprint density at radius 2 is 2.06 bits per heavy atom. The molecule has 1 aliphatic rings. The molecule has 18 heavy (non-hydrogen) atoms. The number of anilines is 1. The summed E-state index contributed by atoms with van der Waals surface area (Å²) < 4.78 is 52.3. The Morgan fingerprint density at radius 3 is 2.56 bits per heavy atom. The minimum absolute atomic E-state index is 0.00885. The van der Waals surface area contributed by atoms with Gasteiger partial charge in [0.15, 0.2) is 5.82 Å². The van der Waals surface area contributed by atoms with Crippen LogP contribution >= 0.6 is 0 Å². The highest BCUT2D eigenvalue weighted by atomic mass is 32.2. The Kier molecular flexibility index (Phi) is 2.99. The van der Waals surface area contributed by atoms with Crippen LogP contribution in [0.2, 0.25) is 0 Å². The molecule has 1 saturated carbocycles. The van der Waals surface area contributed by atoms with Crippen LogP contribution in [0.5, 0.6) is 0 Å². The highest BCUT2D eigenvalue weighted by molar-refractivity contribution is 7.93. The lowest BCUT2D eigenvalue weighted by atomic mass is 10.2. The van der Waals surface area contributed by atoms with Gasteiger partial charge in [0.1, 0.15) is 11.9 Å². The molecule has 2 rings (SSSR count). The second-order valence-electron chi connectivity index (χ2n) is 4.33. The summed E-state index contributed by atoms with van der Waals surface area (Å²) in [6, 6.07) is 2.90. The Bertz CT molecular complexity index is 637. The zero-order chi connectivity index (χ0) is 13.5. The predicted molar refractivity (Wildman–Crippen MR) is 61.2 cm³/mol. The average Bonchev–Trinajstić information content (AvgIpc) is 3.01. The number of nitriles is 1. The van der Waals surface area contributed by atoms with E-state index in [0.717, 1.165) is 6.07 Å². The van der Waals surface area contributed by atoms with Gasteiger partial charge in [0, 0.05) is 6.07 Å². The lowest BCUT2D eigenvalue weighted by Crippen LogP contribution is -2.19. The minimum Gasteiger partial charge on any atom is -0.280 e. The van der Waals surface area contributed by atoms with Crippen molar-refractivity contribution in [2.75, 3.05) is 4.72 Å². The molecule has 0 saturated heterocycles. The standard InChI is InChI=1S/C11H10F2N2O2S/c1-6-2-10(6)18(16,17)15-9-4-8(12)3-7(5-14)11(9)13/h3-4,6,10,15H,2H2,1H3. The van der Waals surface area contributed by atoms with Crippen LogP contribution < -0.4 is 4.72 Å². The normalized spacial score (nSPS) is 22.3. The van der Waals surface area contributed by atoms with E-state index in [0.29, 0.717) is 12.5 Å². The van der Waals surface area contributed by atoms with Gasteiger partial charge in [-0.1, -0.05) is 6.92 Å². The van der Waals surface area contributed by atoms with Crippen LogP contribution in [0.25, 0.3) is 0 Å². The van der Waals surface area contributed by atoms with Crippen LogP contribution in [0.3, 0.4) is 0 Å². The van der Waals surface area contributed by atoms with Gasteiger partial charge in [-0.2, -0.15) is 5.26 Å². The molecule has 1 aliphatic carbocycles. The van der Waals surface area contributed by atoms with Gasteiger partial charge < -0.3 is 0 Å². The molecule has 0 aromatic heterocycles. The SMILES string of the molecule is CC1CC1S(=O)(=O)Nc1cc(F)cc(C#N)c1F. The first-order chi connectivity index (χ1) is 8.35. The van der Waals surface area contributed by atoms with E-state index in [-0.39, 0.29) is 5.92 Å². The fraction of sp³-hybridized carbons (Fsp3) is 0.364. The number of rotatable bonds is 3. The number of nitrogens with one attached hydrogen (secondary N) is 1. The second kappa shape index (κ2) is 4.21. The van der Waals surface area contributed by atoms with E-state index in [9.17, 15) is 17.2 Å². The van der Waals surface area contributed by atoms with E-state index >= 15 is 0 Å². The van der Waals surface area contributed by atoms with E-state index < -0.39 is 38.2 Å². The summed E-state index contributed by atoms with van der Waals surface area (Å²) in [5.41, 5.74) is -1.05. The molecule has 0 radical (unpaired) electrons. The maximum absolute atomic E-state index is 13.6. The minimum atomic E-state index is -3.72. The van der Waals surface area contributed by atoms with Gasteiger partial charge in [0.25, 0.3) is 0 Å². The van der Waals surface area contributed by atoms with E-state index in [2.05, 4.69) is 0 Å². The molecule has 2 atom stereocenters. The number of halogens is 2. The smallest absolute Gasteiger partial charge is 0.235 e. The van der Waals surface area contributed by atoms with Crippen LogP contribution in [0, 0.1) is 28.9 Å². The number of nitrogens with zero attached hydrogens (tertiary/aromatic N) is 1. The summed E-state index contributed by atoms with van der Waals surface area (Å²) in [6.07, 6.45) is 0.497. The van der Waals surface area contributed by atoms with Crippen LogP contribution in [-0.4, -0.2) is 13.7 Å². The molecule has 0 bridgehead atoms. The highest BCUT2D eigenvalue weighted by Crippen LogP contribution is 2.37. The first kappa shape index (κ1) is 12.8. The van der Waals surface area contributed by atoms with E-state index in [1.807, 2.05) is 4.72 Å². The van der Waals surface area contributed by atoms with Crippen LogP contribution in [0.1, 0.15) is 18.9 Å². The van der Waals surface area contributed by atoms with Crippen LogP contribution in [-0.2, 0) is 10.0 Å². The van der Waals surface area contributed by atoms with Crippen molar-refractivity contribution in [1.29, 1.82) is 5.26 Å². The van der Waals surface area contributed by atoms with Crippen molar-refractivity contribution in [3.63, 3.8) is 0 Å². The zero-order valence-corrected chi connectivity index (χ0v) is 10.3. The quantitative estimate of drug-likeness (QED) is 0.914. The van der Waals surface area contributed by atoms with Gasteiger partial charge in [-0.15, -0.1) is 0 Å². The van der Waals surface area contributed by atoms with E-state index in [1.54, 1.807) is 6.92 Å². The summed E-state index contributed by atoms with van der Waals surface area (Å²) in [5.74, 6) is -1.92. The van der Waals surface area contributed by atoms with Crippen molar-refractivity contribution in [1.82, 2.24) is 0 Å². The zero-order valence-electron chi connectivity index (χ0n) is 9.44. The molecule has 1 aromatic rings. The first-order valence-electron chi connectivity index (χ1n) is 5.26. The summed E-state index contributed by atoms with van der Waals surface area (Å²) in [4.78, 5) is 0. The summed E-state index contributed by atoms with van der Waals surface area (Å²) in [5, 5.41) is 8.02. The topological polar surface area (TPSA) is 70.0 Å². The maximum Gasteiger partial charge on any atom is 0.235 e. The van der Waals surface area contributed by atoms with Crippen molar-refractivity contribution in [3.05, 3.63) is 29.3 Å². The highest BCUT2D eigenvalue weighted by Gasteiger charge is 2.44. The van der Waals surface area contributed by atoms with Gasteiger partial charge in [0.05, 0.1) is 16.5 Å². The number of hydrogen-bond donors (Lipinski definition) is 1. The lowest BCUT2D eigenvalue weighted by Gasteiger charge is -2.09. The van der Waals surface area contributed by atoms with Crippen molar-refractivity contribution < 1.29 is 17.2 Å². The second-order valence-corrected chi connectivity index (χ2v) is 6.22. The van der Waals surface area contributed by atoms with Crippen LogP contribution in [0.15, 0.2) is 12.1 Å². The molecule has 0 amide bonds. The molecule has 96 valence electrons. The van der Waals surface area contributed by atoms with Crippen LogP contribution in [0.4, 0.5) is 14.5 Å². The molecular weight excluding hydrogens is 262 g/mol. The molecule has 1 aromatic carbocycles. The molecule has 1 fully saturated rings. The fourth-order valence-electron chi connectivity index (χ4n) is 1.69. The molecular formula is C11H10F2N2O2S. The van der Waals surface area contributed by atoms with Gasteiger partial charge in [-0.25, -0.2) is 17.2 Å². The fourth-order valence-corrected chi connectivity index (χ4v) is 3.47. The largest absolute Gasteiger partial charge is 0.280 e. The van der Waals surface area contributed by atoms with Crippen molar-refractivity contribution in [2.45, 2.75) is 18.6 Å². The monoisotopic (exact) mass is 272 g/mol. The molecule has 0 spiro atoms. The van der Waals surface area contributed by atoms with E-state index in [4.69, 9.17) is 5.26 Å². The average molecular weight is 272 g/mol. The number of hydrogen-bond acceptors (Lipinski definition) is 3. The molecule has 0 aliphatic heterocycles. The number of sulfonamides is 1. The summed E-state index contributed by atoms with van der Waals surface area (Å²) in [6.45, 7) is 1.76. The van der Waals surface area contributed by atoms with Crippen molar-refractivity contribution >= 4 is 15.7 Å². The molecule has 7 heteroatoms. The lowest BCUT2D eigenvalue weighted by molar-refractivity contribution is 0.591. The maximum atomic E-state index is 13.6. The predicted octanol–water partition coefficient (Wildman–Crippen LogP) is 1.99. The van der Waals surface area contributed by atoms with Crippen molar-refractivity contribution in [3.8, 4) is 6.07 Å². The molecule has 4 nitrogen and oxygen atoms in total. The number of benzene rings is 1. The third-order valence-corrected chi connectivity index (χ3v) is 4.80.